The van der Waals surface area contributed by atoms with Gasteiger partial charge in [-0.25, -0.2) is 0 Å². The van der Waals surface area contributed by atoms with Crippen molar-refractivity contribution in [1.29, 1.82) is 0 Å². The Hall–Kier alpha value is -1.83. The molecule has 2 aromatic heterocycles. The number of methoxy groups -OCH3 is 1. The van der Waals surface area contributed by atoms with Gasteiger partial charge in [-0.3, -0.25) is 19.0 Å². The zero-order chi connectivity index (χ0) is 14.0. The second kappa shape index (κ2) is 5.43. The number of aryl methyl sites for hydroxylation is 1. The third-order valence-electron chi connectivity index (χ3n) is 2.64. The van der Waals surface area contributed by atoms with E-state index in [1.54, 1.807) is 11.3 Å². The second-order valence-corrected chi connectivity index (χ2v) is 5.12. The van der Waals surface area contributed by atoms with Crippen LogP contribution in [-0.2, 0) is 9.53 Å². The van der Waals surface area contributed by atoms with E-state index in [1.165, 1.54) is 24.9 Å². The third kappa shape index (κ3) is 2.62. The zero-order valence-electron chi connectivity index (χ0n) is 10.8. The average Bonchev–Trinajstić information content (AvgIpc) is 2.78. The summed E-state index contributed by atoms with van der Waals surface area (Å²) in [5.74, 6) is 0.0681. The van der Waals surface area contributed by atoms with Crippen LogP contribution in [0.4, 0.5) is 0 Å². The molecule has 102 valence electrons. The molecule has 1 unspecified atom stereocenters. The van der Waals surface area contributed by atoms with Crippen LogP contribution in [0, 0.1) is 6.92 Å². The quantitative estimate of drug-likeness (QED) is 0.658. The Morgan fingerprint density at radius 2 is 2.32 bits per heavy atom. The lowest BCUT2D eigenvalue weighted by molar-refractivity contribution is -0.140. The normalized spacial score (nSPS) is 12.6. The molecule has 0 saturated carbocycles. The van der Waals surface area contributed by atoms with Crippen molar-refractivity contribution in [1.82, 2.24) is 19.6 Å². The molecule has 19 heavy (non-hydrogen) atoms. The molecule has 0 spiro atoms. The molecule has 0 fully saturated rings. The number of ether oxygens (including phenoxy) is 1. The molecule has 0 saturated heterocycles. The summed E-state index contributed by atoms with van der Waals surface area (Å²) in [5.41, 5.74) is 0.486. The average molecular weight is 282 g/mol. The van der Waals surface area contributed by atoms with Gasteiger partial charge in [0.1, 0.15) is 5.25 Å². The van der Waals surface area contributed by atoms with Gasteiger partial charge >= 0.3 is 5.97 Å². The van der Waals surface area contributed by atoms with Gasteiger partial charge in [0.25, 0.3) is 5.56 Å². The molecular weight excluding hydrogens is 268 g/mol. The van der Waals surface area contributed by atoms with Crippen LogP contribution < -0.4 is 5.56 Å². The number of rotatable bonds is 4. The van der Waals surface area contributed by atoms with Crippen molar-refractivity contribution in [3.05, 3.63) is 22.1 Å². The molecular formula is C11H14N4O3S. The number of carbonyl (C=O) groups is 1. The number of thioether (sulfide) groups is 1. The van der Waals surface area contributed by atoms with Gasteiger partial charge in [-0.2, -0.15) is 0 Å². The third-order valence-corrected chi connectivity index (χ3v) is 3.93. The number of nitrogens with zero attached hydrogens (tertiary/aromatic N) is 3. The fourth-order valence-electron chi connectivity index (χ4n) is 1.70. The molecule has 2 heterocycles. The standard InChI is InChI=1S/C11H14N4O3S/c1-4-7(9(17)18-3)19-11-14-13-10-12-8(16)5-6(2)15(10)11/h5,7H,4H2,1-3H3,(H,12,13,16). The number of carbonyl (C=O) groups excluding carboxylic acids is 1. The SMILES string of the molecule is CCC(Sc1nnc2[nH]c(=O)cc(C)n12)C(=O)OC. The van der Waals surface area contributed by atoms with Crippen LogP contribution in [0.3, 0.4) is 0 Å². The molecule has 2 aromatic rings. The van der Waals surface area contributed by atoms with E-state index in [0.29, 0.717) is 23.0 Å². The predicted molar refractivity (Wildman–Crippen MR) is 70.3 cm³/mol. The van der Waals surface area contributed by atoms with Gasteiger partial charge in [0.2, 0.25) is 5.78 Å². The van der Waals surface area contributed by atoms with E-state index in [4.69, 9.17) is 4.74 Å². The molecule has 2 rings (SSSR count). The van der Waals surface area contributed by atoms with Gasteiger partial charge in [0, 0.05) is 11.8 Å². The predicted octanol–water partition coefficient (Wildman–Crippen LogP) is 0.770. The molecule has 7 nitrogen and oxygen atoms in total. The molecule has 0 amide bonds. The van der Waals surface area contributed by atoms with Gasteiger partial charge in [0.05, 0.1) is 7.11 Å². The Balaban J connectivity index is 2.41. The van der Waals surface area contributed by atoms with Crippen molar-refractivity contribution in [3.63, 3.8) is 0 Å². The summed E-state index contributed by atoms with van der Waals surface area (Å²) in [6.07, 6.45) is 0.620. The summed E-state index contributed by atoms with van der Waals surface area (Å²) in [6, 6.07) is 1.46. The first-order valence-corrected chi connectivity index (χ1v) is 6.64. The van der Waals surface area contributed by atoms with Crippen molar-refractivity contribution in [2.75, 3.05) is 7.11 Å². The minimum atomic E-state index is -0.344. The van der Waals surface area contributed by atoms with Gasteiger partial charge in [-0.05, 0) is 13.3 Å². The lowest BCUT2D eigenvalue weighted by atomic mass is 10.3. The highest BCUT2D eigenvalue weighted by atomic mass is 32.2. The monoisotopic (exact) mass is 282 g/mol. The second-order valence-electron chi connectivity index (χ2n) is 3.95. The first kappa shape index (κ1) is 13.6. The van der Waals surface area contributed by atoms with Crippen molar-refractivity contribution in [2.24, 2.45) is 0 Å². The van der Waals surface area contributed by atoms with Crippen molar-refractivity contribution < 1.29 is 9.53 Å². The van der Waals surface area contributed by atoms with Gasteiger partial charge in [-0.15, -0.1) is 10.2 Å². The molecule has 0 aromatic carbocycles. The Morgan fingerprint density at radius 3 is 2.95 bits per heavy atom. The molecule has 1 atom stereocenters. The highest BCUT2D eigenvalue weighted by Crippen LogP contribution is 2.25. The molecule has 0 aliphatic carbocycles. The van der Waals surface area contributed by atoms with Crippen LogP contribution in [0.25, 0.3) is 5.78 Å². The summed E-state index contributed by atoms with van der Waals surface area (Å²) in [7, 11) is 1.36. The summed E-state index contributed by atoms with van der Waals surface area (Å²) >= 11 is 1.27. The molecule has 8 heteroatoms. The Morgan fingerprint density at radius 1 is 1.58 bits per heavy atom. The number of aromatic amines is 1. The van der Waals surface area contributed by atoms with E-state index in [0.717, 1.165) is 0 Å². The summed E-state index contributed by atoms with van der Waals surface area (Å²) in [4.78, 5) is 25.5. The Labute approximate surface area is 113 Å². The lowest BCUT2D eigenvalue weighted by Gasteiger charge is -2.10. The summed E-state index contributed by atoms with van der Waals surface area (Å²) in [5, 5.41) is 8.11. The number of hydrogen-bond acceptors (Lipinski definition) is 6. The van der Waals surface area contributed by atoms with E-state index in [-0.39, 0.29) is 16.8 Å². The van der Waals surface area contributed by atoms with Crippen LogP contribution in [0.1, 0.15) is 19.0 Å². The number of aromatic nitrogens is 4. The Kier molecular flexibility index (Phi) is 3.89. The summed E-state index contributed by atoms with van der Waals surface area (Å²) in [6.45, 7) is 3.68. The molecule has 0 aliphatic heterocycles. The number of nitrogens with one attached hydrogen (secondary N) is 1. The fourth-order valence-corrected chi connectivity index (χ4v) is 2.74. The maximum Gasteiger partial charge on any atom is 0.319 e. The largest absolute Gasteiger partial charge is 0.468 e. The van der Waals surface area contributed by atoms with Crippen molar-refractivity contribution in [2.45, 2.75) is 30.7 Å². The topological polar surface area (TPSA) is 89.4 Å². The minimum absolute atomic E-state index is 0.228. The van der Waals surface area contributed by atoms with Crippen LogP contribution in [0.5, 0.6) is 0 Å². The van der Waals surface area contributed by atoms with Crippen LogP contribution in [-0.4, -0.2) is 37.9 Å². The van der Waals surface area contributed by atoms with Gasteiger partial charge in [-0.1, -0.05) is 18.7 Å². The molecule has 0 aliphatic rings. The van der Waals surface area contributed by atoms with E-state index in [2.05, 4.69) is 15.2 Å². The molecule has 0 radical (unpaired) electrons. The van der Waals surface area contributed by atoms with Gasteiger partial charge in [0.15, 0.2) is 5.16 Å². The lowest BCUT2D eigenvalue weighted by Crippen LogP contribution is -2.18. The fraction of sp³-hybridized carbons (Fsp3) is 0.455. The smallest absolute Gasteiger partial charge is 0.319 e. The van der Waals surface area contributed by atoms with Crippen molar-refractivity contribution >= 4 is 23.5 Å². The molecule has 0 bridgehead atoms. The first-order chi connectivity index (χ1) is 9.06. The van der Waals surface area contributed by atoms with Crippen LogP contribution >= 0.6 is 11.8 Å². The van der Waals surface area contributed by atoms with Crippen LogP contribution in [0.15, 0.2) is 16.0 Å². The van der Waals surface area contributed by atoms with Gasteiger partial charge < -0.3 is 4.74 Å². The maximum atomic E-state index is 11.6. The number of hydrogen-bond donors (Lipinski definition) is 1. The van der Waals surface area contributed by atoms with E-state index >= 15 is 0 Å². The Bertz CT molecular complexity index is 663. The van der Waals surface area contributed by atoms with E-state index in [9.17, 15) is 9.59 Å². The number of fused-ring (bicyclic) bond motifs is 1. The first-order valence-electron chi connectivity index (χ1n) is 5.76. The number of H-pyrrole nitrogens is 1. The minimum Gasteiger partial charge on any atom is -0.468 e. The maximum absolute atomic E-state index is 11.6. The summed E-state index contributed by atoms with van der Waals surface area (Å²) < 4.78 is 6.44. The number of esters is 1. The van der Waals surface area contributed by atoms with E-state index in [1.807, 2.05) is 6.92 Å². The highest BCUT2D eigenvalue weighted by molar-refractivity contribution is 8.00. The molecule has 1 N–H and O–H groups in total. The van der Waals surface area contributed by atoms with Crippen molar-refractivity contribution in [3.8, 4) is 0 Å². The zero-order valence-corrected chi connectivity index (χ0v) is 11.7. The highest BCUT2D eigenvalue weighted by Gasteiger charge is 2.22. The van der Waals surface area contributed by atoms with E-state index < -0.39 is 0 Å². The van der Waals surface area contributed by atoms with Crippen LogP contribution in [0.2, 0.25) is 0 Å².